The molecule has 2 aliphatic heterocycles. The highest BCUT2D eigenvalue weighted by Gasteiger charge is 2.46. The number of nitrogens with zero attached hydrogens (tertiary/aromatic N) is 1. The predicted octanol–water partition coefficient (Wildman–Crippen LogP) is 0.657. The minimum absolute atomic E-state index is 0.104. The van der Waals surface area contributed by atoms with E-state index < -0.39 is 23.8 Å². The molecule has 0 bridgehead atoms. The van der Waals surface area contributed by atoms with Crippen LogP contribution in [-0.2, 0) is 14.3 Å². The van der Waals surface area contributed by atoms with Crippen molar-refractivity contribution >= 4 is 29.3 Å². The van der Waals surface area contributed by atoms with E-state index in [1.54, 1.807) is 18.2 Å². The molecule has 1 unspecified atom stereocenters. The Morgan fingerprint density at radius 3 is 2.70 bits per heavy atom. The number of rotatable bonds is 8. The predicted molar refractivity (Wildman–Crippen MR) is 108 cm³/mol. The summed E-state index contributed by atoms with van der Waals surface area (Å²) in [6, 6.07) is 4.31. The molecule has 30 heavy (non-hydrogen) atoms. The van der Waals surface area contributed by atoms with Gasteiger partial charge in [0.05, 0.1) is 17.2 Å². The molecule has 160 valence electrons. The number of hydrogen-bond acceptors (Lipinski definition) is 7. The first-order valence-electron chi connectivity index (χ1n) is 10.4. The quantitative estimate of drug-likeness (QED) is 0.423. The third kappa shape index (κ3) is 3.82. The van der Waals surface area contributed by atoms with Gasteiger partial charge in [-0.05, 0) is 51.4 Å². The van der Waals surface area contributed by atoms with Crippen LogP contribution in [0.3, 0.4) is 0 Å². The fourth-order valence-electron chi connectivity index (χ4n) is 4.17. The second-order valence-electron chi connectivity index (χ2n) is 7.94. The van der Waals surface area contributed by atoms with Crippen molar-refractivity contribution in [3.8, 4) is 0 Å². The summed E-state index contributed by atoms with van der Waals surface area (Å²) >= 11 is 0. The molecular weight excluding hydrogens is 388 g/mol. The van der Waals surface area contributed by atoms with Gasteiger partial charge >= 0.3 is 0 Å². The van der Waals surface area contributed by atoms with Crippen LogP contribution in [-0.4, -0.2) is 66.9 Å². The van der Waals surface area contributed by atoms with E-state index in [1.165, 1.54) is 0 Å². The molecule has 0 aromatic heterocycles. The van der Waals surface area contributed by atoms with Crippen LogP contribution in [0.1, 0.15) is 52.8 Å². The van der Waals surface area contributed by atoms with Gasteiger partial charge in [0.15, 0.2) is 0 Å². The highest BCUT2D eigenvalue weighted by Crippen LogP contribution is 2.35. The van der Waals surface area contributed by atoms with Gasteiger partial charge in [0, 0.05) is 24.8 Å². The summed E-state index contributed by atoms with van der Waals surface area (Å²) in [6.45, 7) is 1.64. The van der Waals surface area contributed by atoms with Crippen LogP contribution < -0.4 is 16.0 Å². The number of imide groups is 2. The van der Waals surface area contributed by atoms with Crippen LogP contribution in [0.15, 0.2) is 18.2 Å². The highest BCUT2D eigenvalue weighted by molar-refractivity contribution is 6.25. The fourth-order valence-corrected chi connectivity index (χ4v) is 4.17. The minimum atomic E-state index is -0.956. The number of fused-ring (bicyclic) bond motifs is 1. The lowest BCUT2D eigenvalue weighted by Crippen LogP contribution is -2.54. The van der Waals surface area contributed by atoms with Crippen LogP contribution in [0.25, 0.3) is 0 Å². The molecular formula is C21H26N4O5. The van der Waals surface area contributed by atoms with Gasteiger partial charge in [-0.3, -0.25) is 29.4 Å². The lowest BCUT2D eigenvalue weighted by Gasteiger charge is -2.36. The Balaban J connectivity index is 1.42. The van der Waals surface area contributed by atoms with Gasteiger partial charge in [0.25, 0.3) is 11.8 Å². The second kappa shape index (κ2) is 8.53. The molecule has 1 saturated heterocycles. The summed E-state index contributed by atoms with van der Waals surface area (Å²) in [7, 11) is 1.91. The van der Waals surface area contributed by atoms with E-state index in [2.05, 4.69) is 16.0 Å². The Morgan fingerprint density at radius 1 is 1.17 bits per heavy atom. The Kier molecular flexibility index (Phi) is 5.83. The molecule has 1 atom stereocenters. The maximum absolute atomic E-state index is 13.1. The summed E-state index contributed by atoms with van der Waals surface area (Å²) in [6.07, 6.45) is 3.09. The maximum Gasteiger partial charge on any atom is 0.264 e. The largest absolute Gasteiger partial charge is 0.381 e. The van der Waals surface area contributed by atoms with Crippen molar-refractivity contribution in [1.29, 1.82) is 0 Å². The zero-order chi connectivity index (χ0) is 21.3. The molecule has 1 saturated carbocycles. The number of piperidine rings is 1. The number of anilines is 1. The fraction of sp³-hybridized carbons (Fsp3) is 0.524. The molecule has 4 amide bonds. The Morgan fingerprint density at radius 2 is 1.97 bits per heavy atom. The van der Waals surface area contributed by atoms with Crippen molar-refractivity contribution in [2.45, 2.75) is 50.3 Å². The number of benzene rings is 1. The van der Waals surface area contributed by atoms with Crippen LogP contribution >= 0.6 is 0 Å². The summed E-state index contributed by atoms with van der Waals surface area (Å²) < 4.78 is 5.81. The normalized spacial score (nSPS) is 25.8. The third-order valence-corrected chi connectivity index (χ3v) is 5.85. The average Bonchev–Trinajstić information content (AvgIpc) is 2.94. The maximum atomic E-state index is 13.1. The van der Waals surface area contributed by atoms with E-state index >= 15 is 0 Å². The minimum Gasteiger partial charge on any atom is -0.381 e. The van der Waals surface area contributed by atoms with Gasteiger partial charge in [0.2, 0.25) is 11.8 Å². The van der Waals surface area contributed by atoms with Crippen molar-refractivity contribution in [3.63, 3.8) is 0 Å². The molecule has 0 spiro atoms. The van der Waals surface area contributed by atoms with Crippen molar-refractivity contribution in [3.05, 3.63) is 29.3 Å². The third-order valence-electron chi connectivity index (χ3n) is 5.85. The molecule has 3 aliphatic rings. The summed E-state index contributed by atoms with van der Waals surface area (Å²) in [5, 5.41) is 8.65. The number of amides is 4. The number of carbonyl (C=O) groups excluding carboxylic acids is 4. The zero-order valence-corrected chi connectivity index (χ0v) is 16.9. The first kappa shape index (κ1) is 20.5. The first-order valence-corrected chi connectivity index (χ1v) is 10.4. The van der Waals surface area contributed by atoms with E-state index in [-0.39, 0.29) is 36.5 Å². The molecule has 3 N–H and O–H groups in total. The van der Waals surface area contributed by atoms with E-state index in [9.17, 15) is 19.2 Å². The van der Waals surface area contributed by atoms with Gasteiger partial charge in [-0.25, -0.2) is 0 Å². The lowest BCUT2D eigenvalue weighted by molar-refractivity contribution is -0.136. The van der Waals surface area contributed by atoms with Gasteiger partial charge < -0.3 is 15.4 Å². The summed E-state index contributed by atoms with van der Waals surface area (Å²) in [4.78, 5) is 50.6. The summed E-state index contributed by atoms with van der Waals surface area (Å²) in [5.41, 5.74) is 1.18. The molecule has 9 heteroatoms. The smallest absolute Gasteiger partial charge is 0.264 e. The highest BCUT2D eigenvalue weighted by atomic mass is 16.5. The number of nitrogens with one attached hydrogen (secondary N) is 3. The van der Waals surface area contributed by atoms with Crippen LogP contribution in [0.4, 0.5) is 5.69 Å². The van der Waals surface area contributed by atoms with Gasteiger partial charge in [-0.1, -0.05) is 6.07 Å². The molecule has 9 nitrogen and oxygen atoms in total. The molecule has 4 rings (SSSR count). The van der Waals surface area contributed by atoms with E-state index in [0.717, 1.165) is 30.7 Å². The SMILES string of the molecule is CNCCCO[C@H]1C[C@@H](Nc2cccc3c2C(=O)N(C2CCC(=O)NC2=O)C3=O)C1. The average molecular weight is 414 g/mol. The van der Waals surface area contributed by atoms with Crippen LogP contribution in [0.2, 0.25) is 0 Å². The molecule has 1 aromatic rings. The second-order valence-corrected chi connectivity index (χ2v) is 7.94. The number of ether oxygens (including phenoxy) is 1. The topological polar surface area (TPSA) is 117 Å². The Hall–Kier alpha value is -2.78. The molecule has 1 aromatic carbocycles. The van der Waals surface area contributed by atoms with Crippen LogP contribution in [0, 0.1) is 0 Å². The monoisotopic (exact) mass is 414 g/mol. The zero-order valence-electron chi connectivity index (χ0n) is 16.9. The van der Waals surface area contributed by atoms with Gasteiger partial charge in [-0.2, -0.15) is 0 Å². The Labute approximate surface area is 174 Å². The van der Waals surface area contributed by atoms with Crippen molar-refractivity contribution in [2.75, 3.05) is 25.5 Å². The first-order chi connectivity index (χ1) is 14.5. The van der Waals surface area contributed by atoms with E-state index in [0.29, 0.717) is 17.9 Å². The molecule has 1 aliphatic carbocycles. The van der Waals surface area contributed by atoms with E-state index in [4.69, 9.17) is 4.74 Å². The molecule has 2 fully saturated rings. The number of carbonyl (C=O) groups is 4. The van der Waals surface area contributed by atoms with Crippen molar-refractivity contribution in [1.82, 2.24) is 15.5 Å². The lowest BCUT2D eigenvalue weighted by atomic mass is 9.88. The standard InChI is InChI=1S/C21H26N4O5/c1-22-8-3-9-30-13-10-12(11-13)23-15-5-2-4-14-18(15)21(29)25(20(14)28)16-6-7-17(26)24-19(16)27/h2,4-5,12-13,16,22-23H,3,6-11H2,1H3,(H,24,26,27)/t12-,13+,16?. The Bertz CT molecular complexity index is 880. The van der Waals surface area contributed by atoms with Gasteiger partial charge in [0.1, 0.15) is 6.04 Å². The van der Waals surface area contributed by atoms with Crippen molar-refractivity contribution < 1.29 is 23.9 Å². The van der Waals surface area contributed by atoms with E-state index in [1.807, 2.05) is 7.05 Å². The molecule has 2 heterocycles. The number of hydrogen-bond donors (Lipinski definition) is 3. The summed E-state index contributed by atoms with van der Waals surface area (Å²) in [5.74, 6) is -1.98. The molecule has 0 radical (unpaired) electrons. The van der Waals surface area contributed by atoms with Crippen LogP contribution in [0.5, 0.6) is 0 Å². The van der Waals surface area contributed by atoms with Gasteiger partial charge in [-0.15, -0.1) is 0 Å². The van der Waals surface area contributed by atoms with Crippen molar-refractivity contribution in [2.24, 2.45) is 0 Å².